The molecule has 1 aromatic rings. The molecule has 1 N–H and O–H groups in total. The van der Waals surface area contributed by atoms with Crippen molar-refractivity contribution in [3.63, 3.8) is 0 Å². The van der Waals surface area contributed by atoms with Crippen LogP contribution in [0.5, 0.6) is 0 Å². The molecule has 14 heavy (non-hydrogen) atoms. The number of H-pyrrole nitrogens is 1. The zero-order valence-electron chi connectivity index (χ0n) is 8.03. The van der Waals surface area contributed by atoms with Crippen molar-refractivity contribution in [2.24, 2.45) is 5.41 Å². The van der Waals surface area contributed by atoms with Gasteiger partial charge in [0.05, 0.1) is 11.5 Å². The summed E-state index contributed by atoms with van der Waals surface area (Å²) in [4.78, 5) is 0. The van der Waals surface area contributed by atoms with Gasteiger partial charge in [-0.1, -0.05) is 24.5 Å². The Labute approximate surface area is 82.5 Å². The molecule has 0 amide bonds. The molecule has 0 saturated heterocycles. The third-order valence-corrected chi connectivity index (χ3v) is 2.93. The Kier molecular flexibility index (Phi) is 2.44. The first-order valence-electron chi connectivity index (χ1n) is 4.98. The number of nitrogens with one attached hydrogen (secondary N) is 1. The number of hydrogen-bond donors (Lipinski definition) is 1. The number of aromatic nitrogens is 4. The average Bonchev–Trinajstić information content (AvgIpc) is 2.72. The standard InChI is InChI=1S/C9H13N5/c10-7-9(4-2-1-3-5-9)6-8-11-13-14-12-8/h1-6H2,(H,11,12,13,14). The maximum atomic E-state index is 9.20. The summed E-state index contributed by atoms with van der Waals surface area (Å²) in [6, 6.07) is 2.43. The van der Waals surface area contributed by atoms with E-state index in [1.54, 1.807) is 0 Å². The number of aromatic amines is 1. The van der Waals surface area contributed by atoms with Crippen molar-refractivity contribution < 1.29 is 0 Å². The summed E-state index contributed by atoms with van der Waals surface area (Å²) in [7, 11) is 0. The van der Waals surface area contributed by atoms with Crippen LogP contribution in [0.15, 0.2) is 0 Å². The lowest BCUT2D eigenvalue weighted by atomic mass is 9.73. The van der Waals surface area contributed by atoms with Gasteiger partial charge in [0.25, 0.3) is 0 Å². The summed E-state index contributed by atoms with van der Waals surface area (Å²) in [6.45, 7) is 0. The molecular formula is C9H13N5. The molecule has 5 heteroatoms. The maximum absolute atomic E-state index is 9.20. The van der Waals surface area contributed by atoms with Gasteiger partial charge in [0.2, 0.25) is 0 Å². The normalized spacial score (nSPS) is 20.2. The van der Waals surface area contributed by atoms with Gasteiger partial charge < -0.3 is 0 Å². The van der Waals surface area contributed by atoms with Gasteiger partial charge in [-0.15, -0.1) is 10.2 Å². The third kappa shape index (κ3) is 1.74. The molecule has 1 fully saturated rings. The van der Waals surface area contributed by atoms with E-state index in [1.807, 2.05) is 0 Å². The Morgan fingerprint density at radius 3 is 2.71 bits per heavy atom. The smallest absolute Gasteiger partial charge is 0.176 e. The molecule has 1 saturated carbocycles. The van der Waals surface area contributed by atoms with Crippen LogP contribution in [-0.4, -0.2) is 20.6 Å². The Morgan fingerprint density at radius 1 is 1.36 bits per heavy atom. The molecule has 1 aliphatic carbocycles. The van der Waals surface area contributed by atoms with Gasteiger partial charge >= 0.3 is 0 Å². The van der Waals surface area contributed by atoms with Crippen LogP contribution in [-0.2, 0) is 6.42 Å². The Bertz CT molecular complexity index is 317. The molecule has 74 valence electrons. The molecule has 5 nitrogen and oxygen atoms in total. The van der Waals surface area contributed by atoms with E-state index in [9.17, 15) is 5.26 Å². The summed E-state index contributed by atoms with van der Waals surface area (Å²) in [5, 5.41) is 22.9. The predicted molar refractivity (Wildman–Crippen MR) is 49.0 cm³/mol. The van der Waals surface area contributed by atoms with E-state index in [4.69, 9.17) is 0 Å². The Morgan fingerprint density at radius 2 is 2.14 bits per heavy atom. The molecular weight excluding hydrogens is 178 g/mol. The minimum absolute atomic E-state index is 0.234. The molecule has 2 rings (SSSR count). The summed E-state index contributed by atoms with van der Waals surface area (Å²) in [6.07, 6.45) is 6.11. The lowest BCUT2D eigenvalue weighted by molar-refractivity contribution is 0.261. The topological polar surface area (TPSA) is 78.2 Å². The fourth-order valence-corrected chi connectivity index (χ4v) is 2.12. The molecule has 0 spiro atoms. The SMILES string of the molecule is N#CC1(Cc2nn[nH]n2)CCCCC1. The number of tetrazole rings is 1. The van der Waals surface area contributed by atoms with Gasteiger partial charge in [0.1, 0.15) is 0 Å². The molecule has 0 aromatic carbocycles. The average molecular weight is 191 g/mol. The van der Waals surface area contributed by atoms with Crippen LogP contribution in [0.3, 0.4) is 0 Å². The second-order valence-electron chi connectivity index (χ2n) is 3.96. The van der Waals surface area contributed by atoms with E-state index in [2.05, 4.69) is 26.7 Å². The van der Waals surface area contributed by atoms with Gasteiger partial charge in [-0.05, 0) is 12.8 Å². The molecule has 0 bridgehead atoms. The van der Waals surface area contributed by atoms with Crippen molar-refractivity contribution in [3.8, 4) is 6.07 Å². The fraction of sp³-hybridized carbons (Fsp3) is 0.778. The van der Waals surface area contributed by atoms with E-state index in [1.165, 1.54) is 6.42 Å². The molecule has 0 atom stereocenters. The summed E-state index contributed by atoms with van der Waals surface area (Å²) in [5.41, 5.74) is -0.234. The zero-order chi connectivity index (χ0) is 9.86. The Balaban J connectivity index is 2.09. The maximum Gasteiger partial charge on any atom is 0.176 e. The van der Waals surface area contributed by atoms with Gasteiger partial charge in [0, 0.05) is 6.42 Å². The zero-order valence-corrected chi connectivity index (χ0v) is 8.03. The number of rotatable bonds is 2. The van der Waals surface area contributed by atoms with E-state index < -0.39 is 0 Å². The minimum Gasteiger partial charge on any atom is -0.198 e. The number of nitriles is 1. The lowest BCUT2D eigenvalue weighted by Crippen LogP contribution is -2.25. The van der Waals surface area contributed by atoms with E-state index >= 15 is 0 Å². The molecule has 1 aliphatic rings. The molecule has 1 aromatic heterocycles. The lowest BCUT2D eigenvalue weighted by Gasteiger charge is -2.29. The highest BCUT2D eigenvalue weighted by Gasteiger charge is 2.33. The monoisotopic (exact) mass is 191 g/mol. The van der Waals surface area contributed by atoms with Crippen molar-refractivity contribution in [3.05, 3.63) is 5.82 Å². The Hall–Kier alpha value is -1.44. The number of nitrogens with zero attached hydrogens (tertiary/aromatic N) is 4. The van der Waals surface area contributed by atoms with Gasteiger partial charge in [0.15, 0.2) is 5.82 Å². The highest BCUT2D eigenvalue weighted by Crippen LogP contribution is 2.37. The fourth-order valence-electron chi connectivity index (χ4n) is 2.12. The molecule has 1 heterocycles. The van der Waals surface area contributed by atoms with Crippen LogP contribution in [0, 0.1) is 16.7 Å². The molecule has 0 unspecified atom stereocenters. The van der Waals surface area contributed by atoms with Crippen LogP contribution in [0.4, 0.5) is 0 Å². The second-order valence-corrected chi connectivity index (χ2v) is 3.96. The van der Waals surface area contributed by atoms with Gasteiger partial charge in [-0.3, -0.25) is 0 Å². The van der Waals surface area contributed by atoms with Gasteiger partial charge in [-0.25, -0.2) is 0 Å². The summed E-state index contributed by atoms with van der Waals surface area (Å²) >= 11 is 0. The molecule has 0 radical (unpaired) electrons. The third-order valence-electron chi connectivity index (χ3n) is 2.93. The van der Waals surface area contributed by atoms with E-state index in [0.717, 1.165) is 25.7 Å². The van der Waals surface area contributed by atoms with E-state index in [-0.39, 0.29) is 5.41 Å². The van der Waals surface area contributed by atoms with Gasteiger partial charge in [-0.2, -0.15) is 10.5 Å². The van der Waals surface area contributed by atoms with Crippen molar-refractivity contribution >= 4 is 0 Å². The minimum atomic E-state index is -0.234. The molecule has 0 aliphatic heterocycles. The van der Waals surface area contributed by atoms with E-state index in [0.29, 0.717) is 12.2 Å². The highest BCUT2D eigenvalue weighted by molar-refractivity contribution is 5.05. The highest BCUT2D eigenvalue weighted by atomic mass is 15.5. The van der Waals surface area contributed by atoms with Crippen molar-refractivity contribution in [1.82, 2.24) is 20.6 Å². The number of hydrogen-bond acceptors (Lipinski definition) is 4. The first-order valence-corrected chi connectivity index (χ1v) is 4.98. The van der Waals surface area contributed by atoms with Crippen LogP contribution in [0.2, 0.25) is 0 Å². The van der Waals surface area contributed by atoms with Crippen molar-refractivity contribution in [1.29, 1.82) is 5.26 Å². The van der Waals surface area contributed by atoms with Crippen LogP contribution in [0.25, 0.3) is 0 Å². The van der Waals surface area contributed by atoms with Crippen LogP contribution < -0.4 is 0 Å². The van der Waals surface area contributed by atoms with Crippen LogP contribution in [0.1, 0.15) is 37.9 Å². The van der Waals surface area contributed by atoms with Crippen molar-refractivity contribution in [2.45, 2.75) is 38.5 Å². The summed E-state index contributed by atoms with van der Waals surface area (Å²) in [5.74, 6) is 0.661. The van der Waals surface area contributed by atoms with Crippen LogP contribution >= 0.6 is 0 Å². The quantitative estimate of drug-likeness (QED) is 0.762. The second kappa shape index (κ2) is 3.74. The first kappa shape index (κ1) is 9.13. The first-order chi connectivity index (χ1) is 6.85. The summed E-state index contributed by atoms with van der Waals surface area (Å²) < 4.78 is 0. The predicted octanol–water partition coefficient (Wildman–Crippen LogP) is 1.22. The van der Waals surface area contributed by atoms with Crippen molar-refractivity contribution in [2.75, 3.05) is 0 Å². The largest absolute Gasteiger partial charge is 0.198 e.